The highest BCUT2D eigenvalue weighted by molar-refractivity contribution is 5.90. The number of hydrogen-bond donors (Lipinski definition) is 1. The summed E-state index contributed by atoms with van der Waals surface area (Å²) in [7, 11) is 0. The second-order valence-electron chi connectivity index (χ2n) is 5.68. The Kier molecular flexibility index (Phi) is 4.97. The number of anilines is 1. The number of benzene rings is 2. The Balaban J connectivity index is 1.78. The lowest BCUT2D eigenvalue weighted by Crippen LogP contribution is -2.17. The smallest absolute Gasteiger partial charge is 0.412 e. The Morgan fingerprint density at radius 2 is 1.96 bits per heavy atom. The molecular weight excluding hydrogens is 342 g/mol. The van der Waals surface area contributed by atoms with Gasteiger partial charge in [0.2, 0.25) is 0 Å². The van der Waals surface area contributed by atoms with Gasteiger partial charge in [-0.1, -0.05) is 35.5 Å². The van der Waals surface area contributed by atoms with Crippen LogP contribution in [0.4, 0.5) is 19.3 Å². The van der Waals surface area contributed by atoms with Gasteiger partial charge in [0, 0.05) is 11.1 Å². The SMILES string of the molecule is Cc1noc(-c2cccc(F)c2)c1NC(=O)OC(C)c1ccccc1F. The Labute approximate surface area is 148 Å². The van der Waals surface area contributed by atoms with Crippen molar-refractivity contribution in [3.63, 3.8) is 0 Å². The van der Waals surface area contributed by atoms with E-state index in [0.717, 1.165) is 0 Å². The van der Waals surface area contributed by atoms with Gasteiger partial charge in [-0.15, -0.1) is 0 Å². The number of carbonyl (C=O) groups excluding carboxylic acids is 1. The number of aromatic nitrogens is 1. The summed E-state index contributed by atoms with van der Waals surface area (Å²) < 4.78 is 37.7. The molecule has 26 heavy (non-hydrogen) atoms. The summed E-state index contributed by atoms with van der Waals surface area (Å²) in [5.41, 5.74) is 1.35. The van der Waals surface area contributed by atoms with Gasteiger partial charge in [0.05, 0.1) is 0 Å². The van der Waals surface area contributed by atoms with Gasteiger partial charge in [-0.2, -0.15) is 0 Å². The molecule has 1 N–H and O–H groups in total. The maximum Gasteiger partial charge on any atom is 0.412 e. The molecule has 0 fully saturated rings. The number of rotatable bonds is 4. The molecule has 5 nitrogen and oxygen atoms in total. The Morgan fingerprint density at radius 3 is 2.69 bits per heavy atom. The third kappa shape index (κ3) is 3.72. The van der Waals surface area contributed by atoms with E-state index in [9.17, 15) is 13.6 Å². The number of halogens is 2. The molecule has 0 saturated heterocycles. The fourth-order valence-electron chi connectivity index (χ4n) is 2.50. The highest BCUT2D eigenvalue weighted by Crippen LogP contribution is 2.31. The molecular formula is C19H16F2N2O3. The van der Waals surface area contributed by atoms with Crippen molar-refractivity contribution in [3.8, 4) is 11.3 Å². The largest absolute Gasteiger partial charge is 0.441 e. The Morgan fingerprint density at radius 1 is 1.19 bits per heavy atom. The van der Waals surface area contributed by atoms with Gasteiger partial charge in [-0.05, 0) is 32.0 Å². The fraction of sp³-hybridized carbons (Fsp3) is 0.158. The first kappa shape index (κ1) is 17.6. The molecule has 0 radical (unpaired) electrons. The lowest BCUT2D eigenvalue weighted by atomic mass is 10.1. The molecule has 1 atom stereocenters. The fourth-order valence-corrected chi connectivity index (χ4v) is 2.50. The molecule has 3 rings (SSSR count). The molecule has 0 saturated carbocycles. The number of amides is 1. The van der Waals surface area contributed by atoms with E-state index in [0.29, 0.717) is 11.3 Å². The topological polar surface area (TPSA) is 64.4 Å². The van der Waals surface area contributed by atoms with Crippen LogP contribution in [0.15, 0.2) is 53.1 Å². The van der Waals surface area contributed by atoms with E-state index in [2.05, 4.69) is 10.5 Å². The van der Waals surface area contributed by atoms with Crippen LogP contribution in [0, 0.1) is 18.6 Å². The maximum atomic E-state index is 13.8. The van der Waals surface area contributed by atoms with E-state index < -0.39 is 23.8 Å². The van der Waals surface area contributed by atoms with Crippen LogP contribution in [-0.2, 0) is 4.74 Å². The van der Waals surface area contributed by atoms with Crippen LogP contribution < -0.4 is 5.32 Å². The first-order chi connectivity index (χ1) is 12.5. The minimum Gasteiger partial charge on any atom is -0.441 e. The van der Waals surface area contributed by atoms with Crippen molar-refractivity contribution < 1.29 is 22.8 Å². The van der Waals surface area contributed by atoms with Gasteiger partial charge in [0.25, 0.3) is 0 Å². The first-order valence-electron chi connectivity index (χ1n) is 7.90. The second kappa shape index (κ2) is 7.35. The normalized spacial score (nSPS) is 11.8. The van der Waals surface area contributed by atoms with Crippen LogP contribution in [0.3, 0.4) is 0 Å². The molecule has 1 aromatic heterocycles. The van der Waals surface area contributed by atoms with Crippen LogP contribution >= 0.6 is 0 Å². The van der Waals surface area contributed by atoms with Crippen molar-refractivity contribution in [3.05, 3.63) is 71.4 Å². The van der Waals surface area contributed by atoms with Gasteiger partial charge >= 0.3 is 6.09 Å². The average molecular weight is 358 g/mol. The summed E-state index contributed by atoms with van der Waals surface area (Å²) in [5.74, 6) is -0.704. The third-order valence-electron chi connectivity index (χ3n) is 3.80. The molecule has 0 bridgehead atoms. The quantitative estimate of drug-likeness (QED) is 0.693. The first-order valence-corrected chi connectivity index (χ1v) is 7.90. The van der Waals surface area contributed by atoms with Crippen molar-refractivity contribution in [2.24, 2.45) is 0 Å². The number of hydrogen-bond acceptors (Lipinski definition) is 4. The number of nitrogens with one attached hydrogen (secondary N) is 1. The molecule has 0 aliphatic carbocycles. The minimum absolute atomic E-state index is 0.206. The van der Waals surface area contributed by atoms with Crippen molar-refractivity contribution >= 4 is 11.8 Å². The van der Waals surface area contributed by atoms with E-state index in [1.165, 1.54) is 30.3 Å². The summed E-state index contributed by atoms with van der Waals surface area (Å²) in [6.45, 7) is 3.19. The van der Waals surface area contributed by atoms with Crippen molar-refractivity contribution in [1.82, 2.24) is 5.16 Å². The second-order valence-corrected chi connectivity index (χ2v) is 5.68. The molecule has 7 heteroatoms. The van der Waals surface area contributed by atoms with Crippen molar-refractivity contribution in [1.29, 1.82) is 0 Å². The predicted molar refractivity (Wildman–Crippen MR) is 91.6 cm³/mol. The van der Waals surface area contributed by atoms with Gasteiger partial charge in [-0.3, -0.25) is 5.32 Å². The van der Waals surface area contributed by atoms with E-state index in [1.54, 1.807) is 32.0 Å². The highest BCUT2D eigenvalue weighted by atomic mass is 19.1. The molecule has 1 heterocycles. The lowest BCUT2D eigenvalue weighted by Gasteiger charge is -2.15. The molecule has 2 aromatic carbocycles. The third-order valence-corrected chi connectivity index (χ3v) is 3.80. The summed E-state index contributed by atoms with van der Waals surface area (Å²) in [6, 6.07) is 11.7. The molecule has 134 valence electrons. The van der Waals surface area contributed by atoms with Gasteiger partial charge < -0.3 is 9.26 Å². The molecule has 0 aliphatic heterocycles. The minimum atomic E-state index is -0.801. The van der Waals surface area contributed by atoms with Crippen molar-refractivity contribution in [2.45, 2.75) is 20.0 Å². The maximum absolute atomic E-state index is 13.8. The zero-order valence-electron chi connectivity index (χ0n) is 14.1. The average Bonchev–Trinajstić information content (AvgIpc) is 2.96. The van der Waals surface area contributed by atoms with Crippen LogP contribution in [-0.4, -0.2) is 11.2 Å². The number of aryl methyl sites for hydroxylation is 1. The van der Waals surface area contributed by atoms with Crippen LogP contribution in [0.25, 0.3) is 11.3 Å². The number of carbonyl (C=O) groups is 1. The van der Waals surface area contributed by atoms with E-state index >= 15 is 0 Å². The van der Waals surface area contributed by atoms with Crippen molar-refractivity contribution in [2.75, 3.05) is 5.32 Å². The predicted octanol–water partition coefficient (Wildman–Crippen LogP) is 5.24. The molecule has 0 spiro atoms. The van der Waals surface area contributed by atoms with Gasteiger partial charge in [0.1, 0.15) is 29.1 Å². The lowest BCUT2D eigenvalue weighted by molar-refractivity contribution is 0.119. The zero-order chi connectivity index (χ0) is 18.7. The molecule has 1 amide bonds. The summed E-state index contributed by atoms with van der Waals surface area (Å²) in [6.07, 6.45) is -1.60. The molecule has 0 aliphatic rings. The molecule has 1 unspecified atom stereocenters. The standard InChI is InChI=1S/C19H16F2N2O3/c1-11-17(18(26-23-11)13-6-5-7-14(20)10-13)22-19(24)25-12(2)15-8-3-4-9-16(15)21/h3-10,12H,1-2H3,(H,22,24). The van der Waals surface area contributed by atoms with Crippen LogP contribution in [0.5, 0.6) is 0 Å². The summed E-state index contributed by atoms with van der Waals surface area (Å²) >= 11 is 0. The van der Waals surface area contributed by atoms with E-state index in [1.807, 2.05) is 0 Å². The Bertz CT molecular complexity index is 940. The van der Waals surface area contributed by atoms with Gasteiger partial charge in [0.15, 0.2) is 5.76 Å². The molecule has 3 aromatic rings. The van der Waals surface area contributed by atoms with Crippen LogP contribution in [0.1, 0.15) is 24.3 Å². The van der Waals surface area contributed by atoms with E-state index in [4.69, 9.17) is 9.26 Å². The zero-order valence-corrected chi connectivity index (χ0v) is 14.1. The monoisotopic (exact) mass is 358 g/mol. The summed E-state index contributed by atoms with van der Waals surface area (Å²) in [4.78, 5) is 12.2. The van der Waals surface area contributed by atoms with E-state index in [-0.39, 0.29) is 17.0 Å². The van der Waals surface area contributed by atoms with Gasteiger partial charge in [-0.25, -0.2) is 13.6 Å². The Hall–Kier alpha value is -3.22. The summed E-state index contributed by atoms with van der Waals surface area (Å²) in [5, 5.41) is 6.33. The number of ether oxygens (including phenoxy) is 1. The number of nitrogens with zero attached hydrogens (tertiary/aromatic N) is 1. The van der Waals surface area contributed by atoms with Crippen LogP contribution in [0.2, 0.25) is 0 Å². The highest BCUT2D eigenvalue weighted by Gasteiger charge is 2.21.